The Balaban J connectivity index is 1.76. The lowest BCUT2D eigenvalue weighted by Gasteiger charge is -2.06. The van der Waals surface area contributed by atoms with Gasteiger partial charge in [-0.05, 0) is 35.4 Å². The predicted octanol–water partition coefficient (Wildman–Crippen LogP) is 5.59. The van der Waals surface area contributed by atoms with Crippen molar-refractivity contribution in [1.29, 1.82) is 0 Å². The number of thiazole rings is 1. The maximum Gasteiger partial charge on any atom is 0.325 e. The number of carbonyl (C=O) groups is 2. The van der Waals surface area contributed by atoms with Gasteiger partial charge in [0, 0.05) is 5.56 Å². The van der Waals surface area contributed by atoms with Crippen molar-refractivity contribution >= 4 is 56.6 Å². The fourth-order valence-corrected chi connectivity index (χ4v) is 4.63. The van der Waals surface area contributed by atoms with E-state index in [1.165, 1.54) is 18.4 Å². The van der Waals surface area contributed by atoms with Crippen molar-refractivity contribution in [2.45, 2.75) is 6.54 Å². The Bertz CT molecular complexity index is 1340. The molecule has 0 bridgehead atoms. The van der Waals surface area contributed by atoms with E-state index in [2.05, 4.69) is 4.99 Å². The molecule has 0 spiro atoms. The highest BCUT2D eigenvalue weighted by molar-refractivity contribution is 7.16. The third kappa shape index (κ3) is 4.42. The highest BCUT2D eigenvalue weighted by Gasteiger charge is 2.16. The summed E-state index contributed by atoms with van der Waals surface area (Å²) in [6.07, 6.45) is 0. The van der Waals surface area contributed by atoms with Gasteiger partial charge < -0.3 is 9.30 Å². The molecular weight excluding hydrogens is 455 g/mol. The van der Waals surface area contributed by atoms with Gasteiger partial charge in [0.05, 0.1) is 27.4 Å². The molecule has 0 aliphatic rings. The molecule has 4 rings (SSSR count). The van der Waals surface area contributed by atoms with Crippen molar-refractivity contribution in [1.82, 2.24) is 4.57 Å². The number of amides is 1. The quantitative estimate of drug-likeness (QED) is 0.365. The standard InChI is InChI=1S/C23H16Cl2N2O3S/c1-30-19(28)13-27-21-18(12-11-17(24)20(21)25)31-23(27)26-22(29)16-9-7-15(8-10-16)14-5-3-2-4-6-14/h2-12H,13H2,1H3. The predicted molar refractivity (Wildman–Crippen MR) is 124 cm³/mol. The highest BCUT2D eigenvalue weighted by atomic mass is 35.5. The van der Waals surface area contributed by atoms with Crippen LogP contribution in [0.4, 0.5) is 0 Å². The summed E-state index contributed by atoms with van der Waals surface area (Å²) < 4.78 is 7.09. The van der Waals surface area contributed by atoms with Crippen molar-refractivity contribution in [3.05, 3.63) is 87.1 Å². The van der Waals surface area contributed by atoms with Gasteiger partial charge in [-0.1, -0.05) is 77.0 Å². The Morgan fingerprint density at radius 3 is 2.32 bits per heavy atom. The molecule has 3 aromatic carbocycles. The minimum absolute atomic E-state index is 0.143. The summed E-state index contributed by atoms with van der Waals surface area (Å²) >= 11 is 13.8. The van der Waals surface area contributed by atoms with E-state index in [0.717, 1.165) is 15.8 Å². The molecule has 0 fully saturated rings. The average molecular weight is 471 g/mol. The summed E-state index contributed by atoms with van der Waals surface area (Å²) in [5.74, 6) is -0.913. The molecule has 0 aliphatic carbocycles. The molecule has 0 saturated carbocycles. The molecule has 31 heavy (non-hydrogen) atoms. The summed E-state index contributed by atoms with van der Waals surface area (Å²) in [4.78, 5) is 29.4. The molecule has 156 valence electrons. The normalized spacial score (nSPS) is 11.6. The molecule has 5 nitrogen and oxygen atoms in total. The number of rotatable bonds is 4. The van der Waals surface area contributed by atoms with Gasteiger partial charge in [-0.2, -0.15) is 4.99 Å². The second-order valence-electron chi connectivity index (χ2n) is 6.62. The van der Waals surface area contributed by atoms with Crippen LogP contribution in [0, 0.1) is 0 Å². The van der Waals surface area contributed by atoms with Gasteiger partial charge in [-0.25, -0.2) is 0 Å². The van der Waals surface area contributed by atoms with Crippen molar-refractivity contribution in [3.8, 4) is 11.1 Å². The molecule has 1 heterocycles. The van der Waals surface area contributed by atoms with Gasteiger partial charge in [-0.15, -0.1) is 0 Å². The monoisotopic (exact) mass is 470 g/mol. The number of halogens is 2. The van der Waals surface area contributed by atoms with Gasteiger partial charge in [0.2, 0.25) is 0 Å². The number of hydrogen-bond acceptors (Lipinski definition) is 4. The Kier molecular flexibility index (Phi) is 6.23. The van der Waals surface area contributed by atoms with E-state index >= 15 is 0 Å². The van der Waals surface area contributed by atoms with Crippen LogP contribution in [0.1, 0.15) is 10.4 Å². The van der Waals surface area contributed by atoms with Crippen LogP contribution in [0.25, 0.3) is 21.3 Å². The molecule has 0 saturated heterocycles. The topological polar surface area (TPSA) is 60.7 Å². The van der Waals surface area contributed by atoms with E-state index in [1.54, 1.807) is 28.8 Å². The number of benzene rings is 3. The van der Waals surface area contributed by atoms with E-state index in [4.69, 9.17) is 27.9 Å². The maximum absolute atomic E-state index is 12.8. The number of carbonyl (C=O) groups excluding carboxylic acids is 2. The first-order valence-corrected chi connectivity index (χ1v) is 10.8. The fourth-order valence-electron chi connectivity index (χ4n) is 3.12. The molecule has 0 aliphatic heterocycles. The lowest BCUT2D eigenvalue weighted by Crippen LogP contribution is -2.22. The summed E-state index contributed by atoms with van der Waals surface area (Å²) in [6.45, 7) is -0.143. The maximum atomic E-state index is 12.8. The number of methoxy groups -OCH3 is 1. The number of hydrogen-bond donors (Lipinski definition) is 0. The summed E-state index contributed by atoms with van der Waals surface area (Å²) in [7, 11) is 1.29. The summed E-state index contributed by atoms with van der Waals surface area (Å²) in [6, 6.07) is 20.5. The van der Waals surface area contributed by atoms with Crippen LogP contribution in [0.3, 0.4) is 0 Å². The third-order valence-electron chi connectivity index (χ3n) is 4.69. The number of nitrogens with zero attached hydrogens (tertiary/aromatic N) is 2. The van der Waals surface area contributed by atoms with Crippen LogP contribution in [-0.4, -0.2) is 23.6 Å². The zero-order valence-corrected chi connectivity index (χ0v) is 18.7. The molecule has 1 amide bonds. The van der Waals surface area contributed by atoms with Crippen molar-refractivity contribution in [2.24, 2.45) is 4.99 Å². The van der Waals surface area contributed by atoms with E-state index in [1.807, 2.05) is 42.5 Å². The smallest absolute Gasteiger partial charge is 0.325 e. The molecule has 4 aromatic rings. The van der Waals surface area contributed by atoms with Gasteiger partial charge in [0.15, 0.2) is 4.80 Å². The molecule has 0 radical (unpaired) electrons. The first-order valence-electron chi connectivity index (χ1n) is 9.26. The minimum Gasteiger partial charge on any atom is -0.468 e. The first-order chi connectivity index (χ1) is 15.0. The first kappa shape index (κ1) is 21.3. The highest BCUT2D eigenvalue weighted by Crippen LogP contribution is 2.32. The van der Waals surface area contributed by atoms with Crippen LogP contribution in [0.5, 0.6) is 0 Å². The molecule has 0 N–H and O–H groups in total. The average Bonchev–Trinajstić information content (AvgIpc) is 3.14. The number of aromatic nitrogens is 1. The second-order valence-corrected chi connectivity index (χ2v) is 8.41. The van der Waals surface area contributed by atoms with E-state index < -0.39 is 11.9 Å². The number of ether oxygens (including phenoxy) is 1. The number of fused-ring (bicyclic) bond motifs is 1. The van der Waals surface area contributed by atoms with Crippen LogP contribution in [0.15, 0.2) is 71.7 Å². The Morgan fingerprint density at radius 2 is 1.65 bits per heavy atom. The Labute approximate surface area is 192 Å². The van der Waals surface area contributed by atoms with Crippen molar-refractivity contribution in [3.63, 3.8) is 0 Å². The molecular formula is C23H16Cl2N2O3S. The molecule has 0 unspecified atom stereocenters. The molecule has 0 atom stereocenters. The van der Waals surface area contributed by atoms with Crippen LogP contribution >= 0.6 is 34.5 Å². The van der Waals surface area contributed by atoms with Crippen LogP contribution in [-0.2, 0) is 16.1 Å². The third-order valence-corrected chi connectivity index (χ3v) is 6.52. The van der Waals surface area contributed by atoms with Gasteiger partial charge in [0.25, 0.3) is 5.91 Å². The Morgan fingerprint density at radius 1 is 0.968 bits per heavy atom. The lowest BCUT2D eigenvalue weighted by molar-refractivity contribution is -0.141. The van der Waals surface area contributed by atoms with Crippen molar-refractivity contribution in [2.75, 3.05) is 7.11 Å². The Hall–Kier alpha value is -2.93. The van der Waals surface area contributed by atoms with E-state index in [-0.39, 0.29) is 6.54 Å². The van der Waals surface area contributed by atoms with Gasteiger partial charge in [0.1, 0.15) is 6.54 Å². The summed E-state index contributed by atoms with van der Waals surface area (Å²) in [5.41, 5.74) is 3.04. The molecule has 1 aromatic heterocycles. The fraction of sp³-hybridized carbons (Fsp3) is 0.0870. The van der Waals surface area contributed by atoms with E-state index in [9.17, 15) is 9.59 Å². The minimum atomic E-state index is -0.489. The number of esters is 1. The lowest BCUT2D eigenvalue weighted by atomic mass is 10.0. The van der Waals surface area contributed by atoms with E-state index in [0.29, 0.717) is 25.9 Å². The molecule has 8 heteroatoms. The van der Waals surface area contributed by atoms with Gasteiger partial charge >= 0.3 is 5.97 Å². The van der Waals surface area contributed by atoms with Crippen LogP contribution in [0.2, 0.25) is 10.0 Å². The second kappa shape index (κ2) is 9.06. The SMILES string of the molecule is COC(=O)Cn1c(=NC(=O)c2ccc(-c3ccccc3)cc2)sc2ccc(Cl)c(Cl)c21. The van der Waals surface area contributed by atoms with Crippen molar-refractivity contribution < 1.29 is 14.3 Å². The van der Waals surface area contributed by atoms with Gasteiger partial charge in [-0.3, -0.25) is 9.59 Å². The largest absolute Gasteiger partial charge is 0.468 e. The summed E-state index contributed by atoms with van der Waals surface area (Å²) in [5, 5.41) is 0.639. The zero-order valence-electron chi connectivity index (χ0n) is 16.3. The zero-order chi connectivity index (χ0) is 22.0. The van der Waals surface area contributed by atoms with Crippen LogP contribution < -0.4 is 4.80 Å².